The first-order valence-corrected chi connectivity index (χ1v) is 13.1. The zero-order valence-electron chi connectivity index (χ0n) is 21.9. The minimum Gasteiger partial charge on any atom is -0.395 e. The highest BCUT2D eigenvalue weighted by Crippen LogP contribution is 2.43. The molecule has 2 aliphatic rings. The van der Waals surface area contributed by atoms with E-state index >= 15 is 0 Å². The second kappa shape index (κ2) is 10.3. The fourth-order valence-corrected chi connectivity index (χ4v) is 5.10. The molecule has 0 spiro atoms. The van der Waals surface area contributed by atoms with E-state index in [1.54, 1.807) is 35.9 Å². The highest BCUT2D eigenvalue weighted by molar-refractivity contribution is 5.94. The van der Waals surface area contributed by atoms with Crippen LogP contribution in [0.5, 0.6) is 11.5 Å². The Bertz CT molecular complexity index is 1760. The van der Waals surface area contributed by atoms with Gasteiger partial charge in [-0.3, -0.25) is 9.59 Å². The highest BCUT2D eigenvalue weighted by Gasteiger charge is 2.43. The summed E-state index contributed by atoms with van der Waals surface area (Å²) >= 11 is 0. The van der Waals surface area contributed by atoms with Gasteiger partial charge in [0.05, 0.1) is 23.2 Å². The number of hydrogen-bond acceptors (Lipinski definition) is 8. The molecule has 1 fully saturated rings. The molecule has 11 nitrogen and oxygen atoms in total. The van der Waals surface area contributed by atoms with E-state index < -0.39 is 24.3 Å². The number of carbonyl (C=O) groups is 1. The van der Waals surface area contributed by atoms with E-state index in [0.29, 0.717) is 35.4 Å². The summed E-state index contributed by atoms with van der Waals surface area (Å²) in [6.45, 7) is 2.02. The number of alkyl halides is 2. The number of nitrogens with zero attached hydrogens (tertiary/aromatic N) is 6. The molecule has 1 atom stereocenters. The quantitative estimate of drug-likeness (QED) is 0.342. The minimum atomic E-state index is -3.79. The third kappa shape index (κ3) is 4.87. The van der Waals surface area contributed by atoms with Gasteiger partial charge in [0.25, 0.3) is 5.56 Å². The number of benzene rings is 2. The van der Waals surface area contributed by atoms with E-state index in [1.807, 2.05) is 0 Å². The van der Waals surface area contributed by atoms with Gasteiger partial charge in [-0.05, 0) is 50.5 Å². The molecular weight excluding hydrogens is 538 g/mol. The minimum absolute atomic E-state index is 0.145. The molecule has 0 saturated carbocycles. The Morgan fingerprint density at radius 3 is 2.78 bits per heavy atom. The molecule has 41 heavy (non-hydrogen) atoms. The van der Waals surface area contributed by atoms with Crippen molar-refractivity contribution in [2.24, 2.45) is 0 Å². The van der Waals surface area contributed by atoms with Crippen LogP contribution >= 0.6 is 0 Å². The fourth-order valence-electron chi connectivity index (χ4n) is 5.10. The number of carbonyl (C=O) groups excluding carboxylic acids is 1. The van der Waals surface area contributed by atoms with Crippen LogP contribution in [-0.4, -0.2) is 44.9 Å². The van der Waals surface area contributed by atoms with Crippen molar-refractivity contribution in [3.63, 3.8) is 0 Å². The number of hydrogen-bond donors (Lipinski definition) is 0. The first kappa shape index (κ1) is 26.4. The van der Waals surface area contributed by atoms with Gasteiger partial charge in [-0.1, -0.05) is 12.1 Å². The first-order valence-electron chi connectivity index (χ1n) is 13.1. The Morgan fingerprint density at radius 2 is 2.02 bits per heavy atom. The van der Waals surface area contributed by atoms with E-state index in [1.165, 1.54) is 29.3 Å². The average Bonchev–Trinajstić information content (AvgIpc) is 3.55. The lowest BCUT2D eigenvalue weighted by atomic mass is 10.1. The Hall–Kier alpha value is -4.83. The van der Waals surface area contributed by atoms with E-state index in [2.05, 4.69) is 25.7 Å². The lowest BCUT2D eigenvalue weighted by Gasteiger charge is -2.24. The molecule has 0 radical (unpaired) electrons. The third-order valence-electron chi connectivity index (χ3n) is 7.00. The number of halogens is 2. The average molecular weight is 563 g/mol. The van der Waals surface area contributed by atoms with Gasteiger partial charge < -0.3 is 19.1 Å². The summed E-state index contributed by atoms with van der Waals surface area (Å²) in [5.41, 5.74) is 1.54. The third-order valence-corrected chi connectivity index (χ3v) is 7.00. The van der Waals surface area contributed by atoms with Crippen molar-refractivity contribution < 1.29 is 27.8 Å². The predicted octanol–water partition coefficient (Wildman–Crippen LogP) is 4.21. The maximum atomic E-state index is 13.6. The number of likely N-dealkylation sites (N-methyl/N-ethyl adjacent to an activating group) is 1. The predicted molar refractivity (Wildman–Crippen MR) is 141 cm³/mol. The number of nitriles is 1. The number of amides is 1. The molecule has 1 amide bonds. The van der Waals surface area contributed by atoms with E-state index in [0.717, 1.165) is 17.5 Å². The zero-order chi connectivity index (χ0) is 28.7. The van der Waals surface area contributed by atoms with Crippen LogP contribution in [0.3, 0.4) is 0 Å². The Labute approximate surface area is 232 Å². The maximum absolute atomic E-state index is 13.6. The van der Waals surface area contributed by atoms with Crippen molar-refractivity contribution in [3.05, 3.63) is 64.6 Å². The van der Waals surface area contributed by atoms with E-state index in [-0.39, 0.29) is 35.3 Å². The summed E-state index contributed by atoms with van der Waals surface area (Å²) in [6.07, 6.45) is -0.157. The molecule has 0 bridgehead atoms. The van der Waals surface area contributed by atoms with Crippen LogP contribution in [-0.2, 0) is 16.1 Å². The second-order valence-corrected chi connectivity index (χ2v) is 9.61. The normalized spacial score (nSPS) is 17.4. The number of fused-ring (bicyclic) bond motifs is 2. The summed E-state index contributed by atoms with van der Waals surface area (Å²) in [5, 5.41) is 18.8. The topological polar surface area (TPSA) is 125 Å². The molecule has 210 valence electrons. The van der Waals surface area contributed by atoms with Gasteiger partial charge in [-0.15, -0.1) is 8.78 Å². The van der Waals surface area contributed by atoms with Gasteiger partial charge in [0.2, 0.25) is 5.91 Å². The summed E-state index contributed by atoms with van der Waals surface area (Å²) in [6, 6.07) is 12.9. The van der Waals surface area contributed by atoms with Crippen molar-refractivity contribution in [3.8, 4) is 28.8 Å². The monoisotopic (exact) mass is 562 g/mol. The summed E-state index contributed by atoms with van der Waals surface area (Å²) in [7, 11) is 0. The SMILES string of the molecule is CCN(C(=O)Cn1nc(-c2cccc(C#N)c2)c2c(cnn2C2CCCCO2)c1=O)c1ccc2c(c1)OC(F)(F)O2. The van der Waals surface area contributed by atoms with Gasteiger partial charge in [-0.2, -0.15) is 15.5 Å². The number of ether oxygens (including phenoxy) is 3. The maximum Gasteiger partial charge on any atom is 0.586 e. The van der Waals surface area contributed by atoms with Crippen molar-refractivity contribution in [2.75, 3.05) is 18.1 Å². The Morgan fingerprint density at radius 1 is 1.20 bits per heavy atom. The standard InChI is InChI=1S/C28H24F2N6O5/c1-2-34(19-9-10-21-22(13-19)41-28(29,30)40-21)23(37)16-35-27(38)20-15-32-36(24-8-3-4-11-39-24)26(20)25(33-35)18-7-5-6-17(12-18)14-31/h5-7,9-10,12-13,15,24H,2-4,8,11,16H2,1H3. The molecule has 1 saturated heterocycles. The zero-order valence-corrected chi connectivity index (χ0v) is 21.9. The molecule has 13 heteroatoms. The van der Waals surface area contributed by atoms with Crippen molar-refractivity contribution in [1.29, 1.82) is 5.26 Å². The van der Waals surface area contributed by atoms with Crippen LogP contribution in [0.1, 0.15) is 38.0 Å². The van der Waals surface area contributed by atoms with Gasteiger partial charge >= 0.3 is 6.29 Å². The molecule has 1 unspecified atom stereocenters. The van der Waals surface area contributed by atoms with Gasteiger partial charge in [-0.25, -0.2) is 9.36 Å². The van der Waals surface area contributed by atoms with Gasteiger partial charge in [0, 0.05) is 30.5 Å². The lowest BCUT2D eigenvalue weighted by Crippen LogP contribution is -2.37. The van der Waals surface area contributed by atoms with E-state index in [9.17, 15) is 23.6 Å². The summed E-state index contributed by atoms with van der Waals surface area (Å²) < 4.78 is 44.6. The largest absolute Gasteiger partial charge is 0.586 e. The lowest BCUT2D eigenvalue weighted by molar-refractivity contribution is -0.286. The number of rotatable bonds is 6. The van der Waals surface area contributed by atoms with Crippen molar-refractivity contribution >= 4 is 22.5 Å². The van der Waals surface area contributed by atoms with Gasteiger partial charge in [0.1, 0.15) is 17.8 Å². The van der Waals surface area contributed by atoms with Gasteiger partial charge in [0.15, 0.2) is 17.7 Å². The van der Waals surface area contributed by atoms with Crippen LogP contribution in [0.4, 0.5) is 14.5 Å². The molecule has 4 heterocycles. The molecule has 4 aromatic rings. The van der Waals surface area contributed by atoms with Crippen LogP contribution in [0, 0.1) is 11.3 Å². The summed E-state index contributed by atoms with van der Waals surface area (Å²) in [5.74, 6) is -0.854. The van der Waals surface area contributed by atoms with Crippen LogP contribution in [0.15, 0.2) is 53.5 Å². The molecule has 2 aromatic carbocycles. The first-order chi connectivity index (χ1) is 19.8. The van der Waals surface area contributed by atoms with Crippen LogP contribution < -0.4 is 19.9 Å². The van der Waals surface area contributed by atoms with Crippen LogP contribution in [0.2, 0.25) is 0 Å². The van der Waals surface area contributed by atoms with Crippen molar-refractivity contribution in [2.45, 2.75) is 45.3 Å². The highest BCUT2D eigenvalue weighted by atomic mass is 19.3. The Kier molecular flexibility index (Phi) is 6.63. The number of anilines is 1. The number of aromatic nitrogens is 4. The molecular formula is C28H24F2N6O5. The summed E-state index contributed by atoms with van der Waals surface area (Å²) in [4.78, 5) is 28.4. The molecule has 6 rings (SSSR count). The van der Waals surface area contributed by atoms with E-state index in [4.69, 9.17) is 4.74 Å². The molecule has 2 aliphatic heterocycles. The van der Waals surface area contributed by atoms with Crippen molar-refractivity contribution in [1.82, 2.24) is 19.6 Å². The molecule has 0 aliphatic carbocycles. The molecule has 2 aromatic heterocycles. The molecule has 0 N–H and O–H groups in total. The smallest absolute Gasteiger partial charge is 0.395 e. The second-order valence-electron chi connectivity index (χ2n) is 9.61. The Balaban J connectivity index is 1.41. The van der Waals surface area contributed by atoms with Crippen LogP contribution in [0.25, 0.3) is 22.2 Å². The fraction of sp³-hybridized carbons (Fsp3) is 0.321.